The van der Waals surface area contributed by atoms with E-state index in [1.54, 1.807) is 13.0 Å². The highest BCUT2D eigenvalue weighted by molar-refractivity contribution is 9.10. The monoisotopic (exact) mass is 612 g/mol. The van der Waals surface area contributed by atoms with Crippen LogP contribution < -0.4 is 11.1 Å². The van der Waals surface area contributed by atoms with Crippen LogP contribution in [0.5, 0.6) is 0 Å². The van der Waals surface area contributed by atoms with Crippen LogP contribution in [0.15, 0.2) is 46.9 Å². The molecule has 0 spiro atoms. The third-order valence-corrected chi connectivity index (χ3v) is 5.86. The normalized spacial score (nSPS) is 11.7. The molecule has 3 N–H and O–H groups in total. The van der Waals surface area contributed by atoms with Crippen molar-refractivity contribution in [2.24, 2.45) is 5.73 Å². The maximum atomic E-state index is 13.2. The highest BCUT2D eigenvalue weighted by Gasteiger charge is 2.30. The van der Waals surface area contributed by atoms with Crippen LogP contribution in [-0.2, 0) is 19.3 Å². The molecule has 204 valence electrons. The van der Waals surface area contributed by atoms with Crippen molar-refractivity contribution >= 4 is 33.4 Å². The summed E-state index contributed by atoms with van der Waals surface area (Å²) in [4.78, 5) is 26.0. The maximum absolute atomic E-state index is 13.2. The molecule has 0 fully saturated rings. The largest absolute Gasteiger partial charge is 0.416 e. The van der Waals surface area contributed by atoms with E-state index in [9.17, 15) is 31.5 Å². The second-order valence-electron chi connectivity index (χ2n) is 8.28. The van der Waals surface area contributed by atoms with E-state index in [-0.39, 0.29) is 40.6 Å². The van der Waals surface area contributed by atoms with Gasteiger partial charge in [-0.25, -0.2) is 8.78 Å². The molecule has 2 aromatic carbocycles. The van der Waals surface area contributed by atoms with E-state index in [4.69, 9.17) is 5.73 Å². The van der Waals surface area contributed by atoms with Gasteiger partial charge in [-0.15, -0.1) is 10.2 Å². The summed E-state index contributed by atoms with van der Waals surface area (Å²) in [6, 6.07) is 8.43. The predicted octanol–water partition coefficient (Wildman–Crippen LogP) is 4.29. The molecule has 16 heteroatoms. The van der Waals surface area contributed by atoms with Gasteiger partial charge in [0, 0.05) is 10.0 Å². The first-order valence-electron chi connectivity index (χ1n) is 11.0. The predicted molar refractivity (Wildman–Crippen MR) is 131 cm³/mol. The molecule has 39 heavy (non-hydrogen) atoms. The van der Waals surface area contributed by atoms with Gasteiger partial charge in [0.25, 0.3) is 18.2 Å². The minimum atomic E-state index is -4.50. The fourth-order valence-corrected chi connectivity index (χ4v) is 4.23. The lowest BCUT2D eigenvalue weighted by Crippen LogP contribution is -2.23. The van der Waals surface area contributed by atoms with Crippen molar-refractivity contribution in [2.75, 3.05) is 5.32 Å². The smallest absolute Gasteiger partial charge is 0.366 e. The Balaban J connectivity index is 1.58. The molecule has 0 aliphatic carbocycles. The second kappa shape index (κ2) is 10.9. The molecule has 2 amide bonds. The first kappa shape index (κ1) is 27.8. The topological polar surface area (TPSA) is 134 Å². The summed E-state index contributed by atoms with van der Waals surface area (Å²) in [5.74, 6) is -1.60. The molecule has 0 atom stereocenters. The van der Waals surface area contributed by atoms with Crippen molar-refractivity contribution in [1.29, 1.82) is 0 Å². The molecule has 2 aromatic heterocycles. The molecule has 0 aliphatic heterocycles. The van der Waals surface area contributed by atoms with E-state index in [0.29, 0.717) is 10.0 Å². The first-order valence-corrected chi connectivity index (χ1v) is 11.8. The van der Waals surface area contributed by atoms with Crippen molar-refractivity contribution < 1.29 is 31.5 Å². The Morgan fingerprint density at radius 2 is 1.79 bits per heavy atom. The van der Waals surface area contributed by atoms with Crippen molar-refractivity contribution in [3.63, 3.8) is 0 Å². The molecule has 0 bridgehead atoms. The van der Waals surface area contributed by atoms with E-state index in [1.807, 2.05) is 0 Å². The van der Waals surface area contributed by atoms with Gasteiger partial charge in [0.15, 0.2) is 0 Å². The molecule has 0 saturated heterocycles. The lowest BCUT2D eigenvalue weighted by atomic mass is 10.1. The number of benzene rings is 2. The number of primary amides is 1. The van der Waals surface area contributed by atoms with Crippen molar-refractivity contribution in [3.05, 3.63) is 75.0 Å². The van der Waals surface area contributed by atoms with Gasteiger partial charge in [0.1, 0.15) is 18.8 Å². The van der Waals surface area contributed by atoms with Gasteiger partial charge in [-0.2, -0.15) is 23.1 Å². The zero-order valence-electron chi connectivity index (χ0n) is 19.9. The summed E-state index contributed by atoms with van der Waals surface area (Å²) in [5, 5.41) is 18.3. The Bertz CT molecular complexity index is 1530. The lowest BCUT2D eigenvalue weighted by molar-refractivity contribution is -0.137. The molecule has 0 aliphatic rings. The standard InChI is InChI=1S/C23H18BrF5N8O2/c1-11-6-14(24)7-16(20(30)38)19(11)31-22(39)17-8-15(33-36(17)10-18(25)26)9-37-34-21(32-35-37)12-2-4-13(5-3-12)23(27,28)29/h2-8,18H,9-10H2,1H3,(H2,30,38)(H,31,39). The van der Waals surface area contributed by atoms with Crippen LogP contribution in [0.1, 0.15) is 37.7 Å². The lowest BCUT2D eigenvalue weighted by Gasteiger charge is -2.13. The molecule has 0 radical (unpaired) electrons. The summed E-state index contributed by atoms with van der Waals surface area (Å²) >= 11 is 3.25. The number of aryl methyl sites for hydroxylation is 1. The van der Waals surface area contributed by atoms with Crippen molar-refractivity contribution in [1.82, 2.24) is 30.0 Å². The molecular weight excluding hydrogens is 595 g/mol. The van der Waals surface area contributed by atoms with Crippen LogP contribution in [0.25, 0.3) is 11.4 Å². The summed E-state index contributed by atoms with van der Waals surface area (Å²) in [6.45, 7) is 0.541. The van der Waals surface area contributed by atoms with Gasteiger partial charge in [-0.05, 0) is 48.0 Å². The average Bonchev–Trinajstić information content (AvgIpc) is 3.46. The number of carbonyl (C=O) groups excluding carboxylic acids is 2. The van der Waals surface area contributed by atoms with Crippen LogP contribution in [0, 0.1) is 6.92 Å². The Labute approximate surface area is 225 Å². The Kier molecular flexibility index (Phi) is 7.76. The fraction of sp³-hybridized carbons (Fsp3) is 0.217. The van der Waals surface area contributed by atoms with Gasteiger partial charge in [-0.3, -0.25) is 14.3 Å². The number of hydrogen-bond acceptors (Lipinski definition) is 6. The SMILES string of the molecule is Cc1cc(Br)cc(C(N)=O)c1NC(=O)c1cc(Cn2nnc(-c3ccc(C(F)(F)F)cc3)n2)nn1CC(F)F. The molecule has 0 unspecified atom stereocenters. The minimum Gasteiger partial charge on any atom is -0.366 e. The number of alkyl halides is 5. The van der Waals surface area contributed by atoms with Gasteiger partial charge >= 0.3 is 6.18 Å². The number of hydrogen-bond donors (Lipinski definition) is 2. The van der Waals surface area contributed by atoms with E-state index in [1.165, 1.54) is 24.3 Å². The Hall–Kier alpha value is -4.21. The third kappa shape index (κ3) is 6.45. The van der Waals surface area contributed by atoms with Crippen LogP contribution >= 0.6 is 15.9 Å². The number of aromatic nitrogens is 6. The summed E-state index contributed by atoms with van der Waals surface area (Å²) in [7, 11) is 0. The molecule has 2 heterocycles. The average molecular weight is 613 g/mol. The van der Waals surface area contributed by atoms with Crippen LogP contribution in [0.4, 0.5) is 27.6 Å². The summed E-state index contributed by atoms with van der Waals surface area (Å²) < 4.78 is 66.2. The van der Waals surface area contributed by atoms with E-state index in [2.05, 4.69) is 41.8 Å². The quantitative estimate of drug-likeness (QED) is 0.285. The van der Waals surface area contributed by atoms with Gasteiger partial charge in [-0.1, -0.05) is 28.1 Å². The van der Waals surface area contributed by atoms with Crippen LogP contribution in [0.2, 0.25) is 0 Å². The number of halogens is 6. The number of anilines is 1. The number of amides is 2. The number of tetrazole rings is 1. The number of rotatable bonds is 8. The van der Waals surface area contributed by atoms with Gasteiger partial charge in [0.05, 0.1) is 22.5 Å². The number of carbonyl (C=O) groups is 2. The van der Waals surface area contributed by atoms with Crippen LogP contribution in [-0.4, -0.2) is 48.2 Å². The number of nitrogens with one attached hydrogen (secondary N) is 1. The zero-order chi connectivity index (χ0) is 28.5. The van der Waals surface area contributed by atoms with Gasteiger partial charge < -0.3 is 11.1 Å². The minimum absolute atomic E-state index is 0.0120. The molecule has 4 rings (SSSR count). The maximum Gasteiger partial charge on any atom is 0.416 e. The van der Waals surface area contributed by atoms with E-state index in [0.717, 1.165) is 21.6 Å². The van der Waals surface area contributed by atoms with E-state index >= 15 is 0 Å². The third-order valence-electron chi connectivity index (χ3n) is 5.41. The highest BCUT2D eigenvalue weighted by Crippen LogP contribution is 2.30. The van der Waals surface area contributed by atoms with Gasteiger partial charge in [0.2, 0.25) is 5.82 Å². The van der Waals surface area contributed by atoms with Crippen molar-refractivity contribution in [3.8, 4) is 11.4 Å². The zero-order valence-corrected chi connectivity index (χ0v) is 21.5. The summed E-state index contributed by atoms with van der Waals surface area (Å²) in [5.41, 5.74) is 5.37. The molecule has 0 saturated carbocycles. The Morgan fingerprint density at radius 1 is 1.10 bits per heavy atom. The molecule has 4 aromatic rings. The van der Waals surface area contributed by atoms with Crippen LogP contribution in [0.3, 0.4) is 0 Å². The number of nitrogens with zero attached hydrogens (tertiary/aromatic N) is 6. The van der Waals surface area contributed by atoms with Crippen molar-refractivity contribution in [2.45, 2.75) is 32.6 Å². The highest BCUT2D eigenvalue weighted by atomic mass is 79.9. The summed E-state index contributed by atoms with van der Waals surface area (Å²) in [6.07, 6.45) is -7.34. The fourth-order valence-electron chi connectivity index (χ4n) is 3.66. The second-order valence-corrected chi connectivity index (χ2v) is 9.19. The molecular formula is C23H18BrF5N8O2. The first-order chi connectivity index (χ1) is 18.3. The Morgan fingerprint density at radius 3 is 2.41 bits per heavy atom. The van der Waals surface area contributed by atoms with E-state index < -0.39 is 36.5 Å². The number of nitrogens with two attached hydrogens (primary N) is 1. The molecule has 10 nitrogen and oxygen atoms in total.